The first-order valence-corrected chi connectivity index (χ1v) is 3.97. The van der Waals surface area contributed by atoms with Crippen molar-refractivity contribution < 1.29 is 0 Å². The van der Waals surface area contributed by atoms with Gasteiger partial charge in [0, 0.05) is 17.9 Å². The molecule has 1 rings (SSSR count). The first-order valence-electron chi connectivity index (χ1n) is 3.97. The van der Waals surface area contributed by atoms with Crippen molar-refractivity contribution in [2.24, 2.45) is 5.73 Å². The van der Waals surface area contributed by atoms with E-state index < -0.39 is 0 Å². The maximum Gasteiger partial charge on any atom is 0.0416 e. The Balaban J connectivity index is 2.89. The summed E-state index contributed by atoms with van der Waals surface area (Å²) in [6.07, 6.45) is 6.12. The predicted octanol–water partition coefficient (Wildman–Crippen LogP) is 1.83. The maximum atomic E-state index is 6.05. The Hall–Kier alpha value is -1.15. The van der Waals surface area contributed by atoms with Crippen molar-refractivity contribution in [1.29, 1.82) is 0 Å². The molecule has 1 unspecified atom stereocenters. The van der Waals surface area contributed by atoms with Gasteiger partial charge in [-0.25, -0.2) is 0 Å². The van der Waals surface area contributed by atoms with Crippen LogP contribution < -0.4 is 5.73 Å². The molecular weight excluding hydrogens is 148 g/mol. The number of nitrogens with two attached hydrogens (primary N) is 1. The molecule has 2 heteroatoms. The molecule has 0 saturated heterocycles. The van der Waals surface area contributed by atoms with E-state index in [9.17, 15) is 0 Å². The number of hydrogen-bond acceptors (Lipinski definition) is 2. The molecule has 1 atom stereocenters. The van der Waals surface area contributed by atoms with Gasteiger partial charge >= 0.3 is 0 Å². The molecule has 1 aromatic heterocycles. The van der Waals surface area contributed by atoms with Crippen molar-refractivity contribution in [1.82, 2.24) is 4.98 Å². The van der Waals surface area contributed by atoms with Crippen LogP contribution in [0, 0.1) is 0 Å². The summed E-state index contributed by atoms with van der Waals surface area (Å²) in [5, 5.41) is 0. The van der Waals surface area contributed by atoms with E-state index in [-0.39, 0.29) is 5.54 Å². The minimum atomic E-state index is -0.315. The number of pyridine rings is 1. The van der Waals surface area contributed by atoms with Crippen LogP contribution in [0.25, 0.3) is 0 Å². The molecule has 0 fully saturated rings. The molecule has 1 aromatic rings. The number of nitrogens with zero attached hydrogens (tertiary/aromatic N) is 1. The van der Waals surface area contributed by atoms with Crippen molar-refractivity contribution in [3.63, 3.8) is 0 Å². The Morgan fingerprint density at radius 3 is 2.67 bits per heavy atom. The van der Waals surface area contributed by atoms with Gasteiger partial charge in [0.25, 0.3) is 0 Å². The molecule has 0 radical (unpaired) electrons. The highest BCUT2D eigenvalue weighted by Crippen LogP contribution is 2.20. The second-order valence-electron chi connectivity index (χ2n) is 3.15. The summed E-state index contributed by atoms with van der Waals surface area (Å²) >= 11 is 0. The van der Waals surface area contributed by atoms with Crippen molar-refractivity contribution in [3.8, 4) is 0 Å². The third-order valence-corrected chi connectivity index (χ3v) is 1.91. The molecule has 2 N–H and O–H groups in total. The van der Waals surface area contributed by atoms with E-state index in [0.29, 0.717) is 0 Å². The van der Waals surface area contributed by atoms with E-state index in [2.05, 4.69) is 11.6 Å². The monoisotopic (exact) mass is 162 g/mol. The summed E-state index contributed by atoms with van der Waals surface area (Å²) in [5.41, 5.74) is 6.83. The first-order chi connectivity index (χ1) is 5.67. The van der Waals surface area contributed by atoms with Crippen LogP contribution in [0.4, 0.5) is 0 Å². The highest BCUT2D eigenvalue weighted by Gasteiger charge is 2.18. The zero-order chi connectivity index (χ0) is 9.03. The highest BCUT2D eigenvalue weighted by atomic mass is 14.7. The number of rotatable bonds is 3. The van der Waals surface area contributed by atoms with Gasteiger partial charge in [0.1, 0.15) is 0 Å². The third-order valence-electron chi connectivity index (χ3n) is 1.91. The summed E-state index contributed by atoms with van der Waals surface area (Å²) < 4.78 is 0. The lowest BCUT2D eigenvalue weighted by Gasteiger charge is -2.22. The Kier molecular flexibility index (Phi) is 2.61. The van der Waals surface area contributed by atoms with E-state index in [0.717, 1.165) is 12.0 Å². The predicted molar refractivity (Wildman–Crippen MR) is 50.6 cm³/mol. The molecule has 1 heterocycles. The average Bonchev–Trinajstić information content (AvgIpc) is 2.06. The Bertz CT molecular complexity index is 252. The molecule has 0 amide bonds. The molecule has 0 aliphatic carbocycles. The standard InChI is InChI=1S/C10H14N2/c1-3-6-10(2,11)9-4-7-12-8-5-9/h3-5,7-8H,1,6,11H2,2H3. The Morgan fingerprint density at radius 1 is 1.58 bits per heavy atom. The lowest BCUT2D eigenvalue weighted by Crippen LogP contribution is -2.32. The largest absolute Gasteiger partial charge is 0.321 e. The number of hydrogen-bond donors (Lipinski definition) is 1. The van der Waals surface area contributed by atoms with E-state index in [4.69, 9.17) is 5.73 Å². The summed E-state index contributed by atoms with van der Waals surface area (Å²) in [4.78, 5) is 3.94. The van der Waals surface area contributed by atoms with Crippen molar-refractivity contribution in [3.05, 3.63) is 42.7 Å². The zero-order valence-corrected chi connectivity index (χ0v) is 7.33. The molecule has 2 nitrogen and oxygen atoms in total. The fourth-order valence-electron chi connectivity index (χ4n) is 1.15. The lowest BCUT2D eigenvalue weighted by molar-refractivity contribution is 0.502. The van der Waals surface area contributed by atoms with Gasteiger partial charge in [-0.2, -0.15) is 0 Å². The van der Waals surface area contributed by atoms with Crippen LogP contribution in [0.5, 0.6) is 0 Å². The maximum absolute atomic E-state index is 6.05. The fraction of sp³-hybridized carbons (Fsp3) is 0.300. The molecule has 0 bridgehead atoms. The van der Waals surface area contributed by atoms with Crippen LogP contribution in [-0.2, 0) is 5.54 Å². The fourth-order valence-corrected chi connectivity index (χ4v) is 1.15. The van der Waals surface area contributed by atoms with Gasteiger partial charge in [0.2, 0.25) is 0 Å². The number of aromatic nitrogens is 1. The molecule has 12 heavy (non-hydrogen) atoms. The normalized spacial score (nSPS) is 15.2. The van der Waals surface area contributed by atoms with Gasteiger partial charge in [-0.1, -0.05) is 6.08 Å². The van der Waals surface area contributed by atoms with E-state index in [1.165, 1.54) is 0 Å². The highest BCUT2D eigenvalue weighted by molar-refractivity contribution is 5.20. The van der Waals surface area contributed by atoms with Gasteiger partial charge in [0.05, 0.1) is 0 Å². The van der Waals surface area contributed by atoms with Crippen molar-refractivity contribution in [2.75, 3.05) is 0 Å². The minimum absolute atomic E-state index is 0.315. The quantitative estimate of drug-likeness (QED) is 0.689. The Morgan fingerprint density at radius 2 is 2.17 bits per heavy atom. The second-order valence-corrected chi connectivity index (χ2v) is 3.15. The molecule has 0 saturated carbocycles. The van der Waals surface area contributed by atoms with E-state index in [1.54, 1.807) is 12.4 Å². The summed E-state index contributed by atoms with van der Waals surface area (Å²) in [7, 11) is 0. The molecule has 0 spiro atoms. The van der Waals surface area contributed by atoms with Crippen LogP contribution in [0.1, 0.15) is 18.9 Å². The van der Waals surface area contributed by atoms with Gasteiger partial charge in [-0.05, 0) is 31.0 Å². The van der Waals surface area contributed by atoms with Crippen molar-refractivity contribution in [2.45, 2.75) is 18.9 Å². The van der Waals surface area contributed by atoms with Gasteiger partial charge in [0.15, 0.2) is 0 Å². The molecule has 0 aromatic carbocycles. The summed E-state index contributed by atoms with van der Waals surface area (Å²) in [5.74, 6) is 0. The smallest absolute Gasteiger partial charge is 0.0416 e. The molecule has 64 valence electrons. The third kappa shape index (κ3) is 1.92. The molecular formula is C10H14N2. The van der Waals surface area contributed by atoms with Gasteiger partial charge in [-0.15, -0.1) is 6.58 Å². The van der Waals surface area contributed by atoms with E-state index in [1.807, 2.05) is 25.1 Å². The Labute approximate surface area is 73.1 Å². The van der Waals surface area contributed by atoms with Crippen LogP contribution in [0.15, 0.2) is 37.2 Å². The molecule has 0 aliphatic heterocycles. The van der Waals surface area contributed by atoms with Crippen LogP contribution in [-0.4, -0.2) is 4.98 Å². The SMILES string of the molecule is C=CCC(C)(N)c1ccncc1. The zero-order valence-electron chi connectivity index (χ0n) is 7.33. The van der Waals surface area contributed by atoms with Crippen LogP contribution in [0.3, 0.4) is 0 Å². The van der Waals surface area contributed by atoms with Crippen LogP contribution in [0.2, 0.25) is 0 Å². The second kappa shape index (κ2) is 3.50. The molecule has 0 aliphatic rings. The summed E-state index contributed by atoms with van der Waals surface area (Å²) in [6, 6.07) is 3.87. The van der Waals surface area contributed by atoms with Gasteiger partial charge < -0.3 is 5.73 Å². The lowest BCUT2D eigenvalue weighted by atomic mass is 9.91. The average molecular weight is 162 g/mol. The van der Waals surface area contributed by atoms with E-state index >= 15 is 0 Å². The summed E-state index contributed by atoms with van der Waals surface area (Å²) in [6.45, 7) is 5.67. The first kappa shape index (κ1) is 8.94. The van der Waals surface area contributed by atoms with Gasteiger partial charge in [-0.3, -0.25) is 4.98 Å². The minimum Gasteiger partial charge on any atom is -0.321 e. The van der Waals surface area contributed by atoms with Crippen molar-refractivity contribution >= 4 is 0 Å². The topological polar surface area (TPSA) is 38.9 Å². The van der Waals surface area contributed by atoms with Crippen LogP contribution >= 0.6 is 0 Å².